The Morgan fingerprint density at radius 1 is 0.804 bits per heavy atom. The van der Waals surface area contributed by atoms with Crippen molar-refractivity contribution in [3.05, 3.63) is 48.0 Å². The molecule has 5 amide bonds. The van der Waals surface area contributed by atoms with Gasteiger partial charge < -0.3 is 53.5 Å². The van der Waals surface area contributed by atoms with Crippen LogP contribution in [0.15, 0.2) is 36.8 Å². The number of hydrogen-bond donors (Lipinski definition) is 11. The summed E-state index contributed by atoms with van der Waals surface area (Å²) in [6, 6.07) is 1.10. The van der Waals surface area contributed by atoms with Gasteiger partial charge in [0.15, 0.2) is 5.96 Å². The molecule has 1 heterocycles. The van der Waals surface area contributed by atoms with E-state index in [1.165, 1.54) is 25.5 Å². The van der Waals surface area contributed by atoms with Gasteiger partial charge in [-0.3, -0.25) is 29.4 Å². The number of nitrogens with zero attached hydrogens (tertiary/aromatic N) is 1. The molecule has 1 aromatic heterocycles. The number of hydrogen-bond acceptors (Lipinski definition) is 9. The number of carbonyl (C=O) groups excluding carboxylic acids is 5. The third-order valence-corrected chi connectivity index (χ3v) is 7.88. The zero-order valence-electron chi connectivity index (χ0n) is 30.0. The van der Waals surface area contributed by atoms with Crippen LogP contribution in [0.3, 0.4) is 0 Å². The van der Waals surface area contributed by atoms with Crippen LogP contribution in [0.25, 0.3) is 0 Å². The molecule has 13 N–H and O–H groups in total. The van der Waals surface area contributed by atoms with Crippen LogP contribution in [-0.4, -0.2) is 94.4 Å². The number of imidazole rings is 1. The molecule has 0 saturated heterocycles. The minimum atomic E-state index is -1.13. The molecule has 0 fully saturated rings. The number of aromatic nitrogens is 2. The van der Waals surface area contributed by atoms with Crippen molar-refractivity contribution in [3.63, 3.8) is 0 Å². The molecular formula is C34H55N11O6. The van der Waals surface area contributed by atoms with E-state index in [-0.39, 0.29) is 55.6 Å². The molecule has 0 aliphatic carbocycles. The van der Waals surface area contributed by atoms with E-state index in [0.717, 1.165) is 0 Å². The fraction of sp³-hybridized carbons (Fsp3) is 0.559. The van der Waals surface area contributed by atoms with Crippen molar-refractivity contribution in [2.24, 2.45) is 23.3 Å². The van der Waals surface area contributed by atoms with Crippen molar-refractivity contribution < 1.29 is 29.1 Å². The summed E-state index contributed by atoms with van der Waals surface area (Å²) in [4.78, 5) is 73.9. The standard InChI is InChI=1S/C34H55N11O6/c1-19(2)13-25(44-33(51)28(16-22-17-39-18-41-22)42-29(47)24(35)7-6-12-40-34(36)37)31(49)43-26(14-20(3)4)32(50)45-27(30(48)38-5)15-21-8-10-23(46)11-9-21/h8-11,17-20,24-28,46H,6-7,12-16,35H2,1-5H3,(H,38,48)(H,39,41)(H,42,47)(H,43,49)(H,44,51)(H,45,50)(H4,36,37,40)/t24-,25-,26-,27-,28-/m0/s1. The van der Waals surface area contributed by atoms with Gasteiger partial charge in [-0.05, 0) is 55.2 Å². The maximum Gasteiger partial charge on any atom is 0.243 e. The molecule has 2 rings (SSSR count). The van der Waals surface area contributed by atoms with Gasteiger partial charge in [0, 0.05) is 32.6 Å². The first-order valence-corrected chi connectivity index (χ1v) is 17.1. The fourth-order valence-corrected chi connectivity index (χ4v) is 5.25. The largest absolute Gasteiger partial charge is 0.508 e. The summed E-state index contributed by atoms with van der Waals surface area (Å²) < 4.78 is 0. The lowest BCUT2D eigenvalue weighted by atomic mass is 9.98. The number of nitrogens with two attached hydrogens (primary N) is 2. The number of phenols is 1. The van der Waals surface area contributed by atoms with Crippen LogP contribution in [0.5, 0.6) is 5.75 Å². The lowest BCUT2D eigenvalue weighted by Crippen LogP contribution is -2.59. The molecule has 0 spiro atoms. The first-order chi connectivity index (χ1) is 24.1. The summed E-state index contributed by atoms with van der Waals surface area (Å²) >= 11 is 0. The number of nitrogens with one attached hydrogen (secondary N) is 8. The summed E-state index contributed by atoms with van der Waals surface area (Å²) in [5.74, 6) is -3.03. The van der Waals surface area contributed by atoms with E-state index in [1.807, 2.05) is 27.7 Å². The Balaban J connectivity index is 2.23. The van der Waals surface area contributed by atoms with Crippen molar-refractivity contribution in [1.82, 2.24) is 41.9 Å². The van der Waals surface area contributed by atoms with Gasteiger partial charge >= 0.3 is 0 Å². The second kappa shape index (κ2) is 21.1. The van der Waals surface area contributed by atoms with E-state index in [1.54, 1.807) is 18.3 Å². The summed E-state index contributed by atoms with van der Waals surface area (Å²) in [5, 5.41) is 33.1. The lowest BCUT2D eigenvalue weighted by Gasteiger charge is -2.28. The number of aromatic amines is 1. The van der Waals surface area contributed by atoms with E-state index in [0.29, 0.717) is 24.2 Å². The Morgan fingerprint density at radius 3 is 1.80 bits per heavy atom. The number of rotatable bonds is 21. The molecule has 0 radical (unpaired) electrons. The maximum atomic E-state index is 13.8. The van der Waals surface area contributed by atoms with Gasteiger partial charge in [-0.2, -0.15) is 0 Å². The average molecular weight is 714 g/mol. The van der Waals surface area contributed by atoms with Crippen molar-refractivity contribution >= 4 is 35.5 Å². The van der Waals surface area contributed by atoms with Gasteiger partial charge in [0.25, 0.3) is 0 Å². The van der Waals surface area contributed by atoms with E-state index in [4.69, 9.17) is 16.9 Å². The molecule has 0 unspecified atom stereocenters. The molecule has 0 aliphatic rings. The molecule has 2 aromatic rings. The Bertz CT molecular complexity index is 1430. The molecule has 0 aliphatic heterocycles. The minimum Gasteiger partial charge on any atom is -0.508 e. The SMILES string of the molecule is CNC(=O)[C@H](Cc1ccc(O)cc1)NC(=O)[C@H](CC(C)C)NC(=O)[C@H](CC(C)C)NC(=O)[C@H](Cc1c[nH]cn1)NC(=O)[C@@H](N)CCCNC(=N)N. The minimum absolute atomic E-state index is 0.00992. The number of phenolic OH excluding ortho intramolecular Hbond substituents is 1. The molecule has 0 bridgehead atoms. The van der Waals surface area contributed by atoms with Crippen molar-refractivity contribution in [2.75, 3.05) is 13.6 Å². The van der Waals surface area contributed by atoms with E-state index >= 15 is 0 Å². The molecule has 0 saturated carbocycles. The monoisotopic (exact) mass is 713 g/mol. The van der Waals surface area contributed by atoms with Crippen molar-refractivity contribution in [1.29, 1.82) is 5.41 Å². The van der Waals surface area contributed by atoms with Crippen molar-refractivity contribution in [3.8, 4) is 5.75 Å². The highest BCUT2D eigenvalue weighted by atomic mass is 16.3. The Morgan fingerprint density at radius 2 is 1.31 bits per heavy atom. The third kappa shape index (κ3) is 15.5. The molecule has 1 aromatic carbocycles. The van der Waals surface area contributed by atoms with Crippen LogP contribution in [0.4, 0.5) is 0 Å². The average Bonchev–Trinajstić information content (AvgIpc) is 3.58. The van der Waals surface area contributed by atoms with Gasteiger partial charge in [0.2, 0.25) is 29.5 Å². The van der Waals surface area contributed by atoms with E-state index in [2.05, 4.69) is 41.9 Å². The van der Waals surface area contributed by atoms with E-state index in [9.17, 15) is 29.1 Å². The first kappa shape index (κ1) is 42.0. The highest BCUT2D eigenvalue weighted by Gasteiger charge is 2.33. The predicted octanol–water partition coefficient (Wildman–Crippen LogP) is -0.732. The second-order valence-corrected chi connectivity index (χ2v) is 13.3. The third-order valence-electron chi connectivity index (χ3n) is 7.88. The van der Waals surface area contributed by atoms with E-state index < -0.39 is 59.7 Å². The number of amides is 5. The molecule has 5 atom stereocenters. The summed E-state index contributed by atoms with van der Waals surface area (Å²) in [7, 11) is 1.45. The van der Waals surface area contributed by atoms with Gasteiger partial charge in [-0.1, -0.05) is 39.8 Å². The van der Waals surface area contributed by atoms with Gasteiger partial charge in [-0.15, -0.1) is 0 Å². The first-order valence-electron chi connectivity index (χ1n) is 17.1. The van der Waals surface area contributed by atoms with Crippen LogP contribution in [0.1, 0.15) is 64.6 Å². The normalized spacial score (nSPS) is 14.0. The molecular weight excluding hydrogens is 658 g/mol. The zero-order chi connectivity index (χ0) is 38.1. The maximum absolute atomic E-state index is 13.8. The fourth-order valence-electron chi connectivity index (χ4n) is 5.25. The van der Waals surface area contributed by atoms with Crippen LogP contribution < -0.4 is 43.4 Å². The smallest absolute Gasteiger partial charge is 0.243 e. The summed E-state index contributed by atoms with van der Waals surface area (Å²) in [5.41, 5.74) is 12.6. The van der Waals surface area contributed by atoms with Crippen LogP contribution in [-0.2, 0) is 36.8 Å². The Hall–Kier alpha value is -5.19. The van der Waals surface area contributed by atoms with Crippen LogP contribution >= 0.6 is 0 Å². The van der Waals surface area contributed by atoms with Crippen LogP contribution in [0, 0.1) is 17.2 Å². The molecule has 282 valence electrons. The van der Waals surface area contributed by atoms with Crippen molar-refractivity contribution in [2.45, 2.75) is 96.4 Å². The van der Waals surface area contributed by atoms with Gasteiger partial charge in [-0.25, -0.2) is 4.98 Å². The Labute approximate surface area is 298 Å². The summed E-state index contributed by atoms with van der Waals surface area (Å²) in [6.45, 7) is 7.88. The van der Waals surface area contributed by atoms with Gasteiger partial charge in [0.1, 0.15) is 29.9 Å². The molecule has 17 nitrogen and oxygen atoms in total. The topological polar surface area (TPSA) is 282 Å². The lowest BCUT2D eigenvalue weighted by molar-refractivity contribution is -0.135. The van der Waals surface area contributed by atoms with Gasteiger partial charge in [0.05, 0.1) is 18.1 Å². The number of carbonyl (C=O) groups is 5. The number of benzene rings is 1. The number of likely N-dealkylation sites (N-methyl/N-ethyl adjacent to an activating group) is 1. The molecule has 51 heavy (non-hydrogen) atoms. The summed E-state index contributed by atoms with van der Waals surface area (Å²) in [6.07, 6.45) is 4.36. The highest BCUT2D eigenvalue weighted by molar-refractivity contribution is 5.96. The number of H-pyrrole nitrogens is 1. The zero-order valence-corrected chi connectivity index (χ0v) is 30.0. The number of aromatic hydroxyl groups is 1. The molecule has 17 heteroatoms. The quantitative estimate of drug-likeness (QED) is 0.0438. The predicted molar refractivity (Wildman–Crippen MR) is 192 cm³/mol. The highest BCUT2D eigenvalue weighted by Crippen LogP contribution is 2.13. The second-order valence-electron chi connectivity index (χ2n) is 13.3. The Kier molecular flexibility index (Phi) is 17.4. The number of guanidine groups is 1. The van der Waals surface area contributed by atoms with Crippen LogP contribution in [0.2, 0.25) is 0 Å².